The van der Waals surface area contributed by atoms with Crippen molar-refractivity contribution in [2.75, 3.05) is 25.2 Å². The van der Waals surface area contributed by atoms with Crippen molar-refractivity contribution in [3.05, 3.63) is 104 Å². The van der Waals surface area contributed by atoms with Gasteiger partial charge in [-0.1, -0.05) is 47.2 Å². The molecule has 2 aromatic heterocycles. The Morgan fingerprint density at radius 1 is 1.02 bits per heavy atom. The lowest BCUT2D eigenvalue weighted by Gasteiger charge is -2.25. The lowest BCUT2D eigenvalue weighted by molar-refractivity contribution is -0.384. The van der Waals surface area contributed by atoms with Crippen LogP contribution in [0.25, 0.3) is 27.4 Å². The highest BCUT2D eigenvalue weighted by Crippen LogP contribution is 2.33. The van der Waals surface area contributed by atoms with Crippen LogP contribution in [0.4, 0.5) is 10.8 Å². The van der Waals surface area contributed by atoms with E-state index in [9.17, 15) is 24.5 Å². The van der Waals surface area contributed by atoms with Crippen LogP contribution in [0.5, 0.6) is 11.5 Å². The lowest BCUT2D eigenvalue weighted by atomic mass is 10.1. The van der Waals surface area contributed by atoms with Crippen LogP contribution in [0, 0.1) is 10.1 Å². The highest BCUT2D eigenvalue weighted by molar-refractivity contribution is 7.22. The molecule has 0 saturated carbocycles. The highest BCUT2D eigenvalue weighted by atomic mass is 35.5. The molecule has 246 valence electrons. The zero-order valence-corrected chi connectivity index (χ0v) is 26.9. The Balaban J connectivity index is 0.000000173. The molecule has 0 unspecified atom stereocenters. The predicted octanol–water partition coefficient (Wildman–Crippen LogP) is 6.40. The molecule has 2 aliphatic rings. The summed E-state index contributed by atoms with van der Waals surface area (Å²) >= 11 is 6.97. The number of likely N-dealkylation sites (tertiary alicyclic amines) is 1. The van der Waals surface area contributed by atoms with E-state index in [-0.39, 0.29) is 35.6 Å². The van der Waals surface area contributed by atoms with Gasteiger partial charge >= 0.3 is 5.76 Å². The third-order valence-electron chi connectivity index (χ3n) is 7.46. The first-order chi connectivity index (χ1) is 23.2. The van der Waals surface area contributed by atoms with E-state index in [4.69, 9.17) is 25.5 Å². The number of anilines is 1. The summed E-state index contributed by atoms with van der Waals surface area (Å²) < 4.78 is 17.4. The number of carbonyl (C=O) groups is 2. The number of oxazole rings is 1. The largest absolute Gasteiger partial charge is 0.454 e. The number of nitrogens with one attached hydrogen (secondary N) is 1. The first-order valence-electron chi connectivity index (χ1n) is 14.9. The molecule has 1 N–H and O–H groups in total. The fraction of sp³-hybridized carbons (Fsp3) is 0.212. The number of ether oxygens (including phenoxy) is 2. The number of allylic oxidation sites excluding steroid dienone is 2. The molecule has 0 aliphatic carbocycles. The van der Waals surface area contributed by atoms with Gasteiger partial charge in [0.25, 0.3) is 5.69 Å². The van der Waals surface area contributed by atoms with Crippen molar-refractivity contribution >= 4 is 73.0 Å². The maximum atomic E-state index is 12.3. The second kappa shape index (κ2) is 14.5. The summed E-state index contributed by atoms with van der Waals surface area (Å²) in [6.45, 7) is 1.78. The first-order valence-corrected chi connectivity index (χ1v) is 16.1. The molecule has 0 bridgehead atoms. The van der Waals surface area contributed by atoms with Gasteiger partial charge in [-0.15, -0.1) is 0 Å². The molecule has 4 heterocycles. The molecule has 13 nitrogen and oxygen atoms in total. The van der Waals surface area contributed by atoms with Gasteiger partial charge < -0.3 is 24.1 Å². The Labute approximate surface area is 281 Å². The van der Waals surface area contributed by atoms with Gasteiger partial charge in [0, 0.05) is 42.4 Å². The van der Waals surface area contributed by atoms with E-state index in [0.717, 1.165) is 54.3 Å². The maximum absolute atomic E-state index is 12.3. The topological polar surface area (TPSA) is 159 Å². The fourth-order valence-electron chi connectivity index (χ4n) is 5.11. The van der Waals surface area contributed by atoms with E-state index in [0.29, 0.717) is 20.8 Å². The van der Waals surface area contributed by atoms with Crippen molar-refractivity contribution in [2.24, 2.45) is 0 Å². The van der Waals surface area contributed by atoms with Gasteiger partial charge in [-0.2, -0.15) is 0 Å². The van der Waals surface area contributed by atoms with Gasteiger partial charge in [0.1, 0.15) is 6.54 Å². The molecule has 0 atom stereocenters. The Morgan fingerprint density at radius 3 is 2.65 bits per heavy atom. The number of nitrogens with zero attached hydrogens (tertiary/aromatic N) is 4. The quantitative estimate of drug-likeness (QED) is 0.0883. The molecule has 5 aromatic rings. The number of amides is 2. The van der Waals surface area contributed by atoms with Gasteiger partial charge in [-0.25, -0.2) is 9.78 Å². The molecule has 0 radical (unpaired) electrons. The van der Waals surface area contributed by atoms with Crippen LogP contribution in [-0.2, 0) is 16.1 Å². The summed E-state index contributed by atoms with van der Waals surface area (Å²) in [4.78, 5) is 52.7. The standard InChI is InChI=1S/C17H19NO3.C16H9ClN4O5S/c19-17(18-10-4-1-5-11-18)7-3-2-6-14-8-9-15-16(12-14)21-13-20-15;17-8-1-4-11-12(5-8)26-16(23)20(11)7-14(22)19-15-18-10-3-2-9(21(24)25)6-13(10)27-15/h2-3,6-9,12H,1,4-5,10-11,13H2;1-6H,7H2,(H,18,19,22). The van der Waals surface area contributed by atoms with E-state index >= 15 is 0 Å². The number of fused-ring (bicyclic) bond motifs is 3. The summed E-state index contributed by atoms with van der Waals surface area (Å²) in [5.41, 5.74) is 2.22. The third-order valence-corrected chi connectivity index (χ3v) is 8.63. The lowest BCUT2D eigenvalue weighted by Crippen LogP contribution is -2.34. The molecule has 15 heteroatoms. The minimum absolute atomic E-state index is 0.0564. The van der Waals surface area contributed by atoms with Crippen LogP contribution in [0.15, 0.2) is 82.0 Å². The molecule has 1 fully saturated rings. The third kappa shape index (κ3) is 7.73. The number of hydrogen-bond acceptors (Lipinski definition) is 10. The number of rotatable bonds is 7. The van der Waals surface area contributed by atoms with Gasteiger partial charge in [-0.05, 0) is 55.2 Å². The molecule has 0 spiro atoms. The fourth-order valence-corrected chi connectivity index (χ4v) is 6.19. The van der Waals surface area contributed by atoms with Crippen molar-refractivity contribution in [3.63, 3.8) is 0 Å². The zero-order valence-electron chi connectivity index (χ0n) is 25.3. The second-order valence-electron chi connectivity index (χ2n) is 10.8. The molecule has 3 aromatic carbocycles. The monoisotopic (exact) mass is 689 g/mol. The number of nitro benzene ring substituents is 1. The average Bonchev–Trinajstić information content (AvgIpc) is 3.79. The van der Waals surface area contributed by atoms with Crippen molar-refractivity contribution in [3.8, 4) is 11.5 Å². The average molecular weight is 690 g/mol. The van der Waals surface area contributed by atoms with Crippen LogP contribution < -0.4 is 20.5 Å². The minimum Gasteiger partial charge on any atom is -0.454 e. The summed E-state index contributed by atoms with van der Waals surface area (Å²) in [5.74, 6) is 0.490. The number of benzene rings is 3. The number of nitro groups is 1. The summed E-state index contributed by atoms with van der Waals surface area (Å²) in [7, 11) is 0. The number of halogens is 1. The van der Waals surface area contributed by atoms with Crippen molar-refractivity contribution in [1.82, 2.24) is 14.5 Å². The molecule has 1 saturated heterocycles. The highest BCUT2D eigenvalue weighted by Gasteiger charge is 2.17. The molecule has 2 aliphatic heterocycles. The smallest absolute Gasteiger partial charge is 0.420 e. The van der Waals surface area contributed by atoms with Crippen LogP contribution in [0.3, 0.4) is 0 Å². The van der Waals surface area contributed by atoms with Crippen molar-refractivity contribution < 1.29 is 28.4 Å². The Bertz CT molecular complexity index is 2130. The number of aromatic nitrogens is 2. The minimum atomic E-state index is -0.678. The Kier molecular flexibility index (Phi) is 9.83. The number of thiazole rings is 1. The molecule has 7 rings (SSSR count). The molecular formula is C33H28ClN5O8S. The SMILES string of the molecule is O=C(C=CC=Cc1ccc2c(c1)OCO2)N1CCCCC1.O=C(Cn1c(=O)oc2cc(Cl)ccc21)Nc1nc2ccc([N+](=O)[O-])cc2s1. The number of hydrogen-bond donors (Lipinski definition) is 1. The predicted molar refractivity (Wildman–Crippen MR) is 182 cm³/mol. The number of non-ortho nitro benzene ring substituents is 1. The summed E-state index contributed by atoms with van der Waals surface area (Å²) in [5, 5.41) is 14.1. The number of piperidine rings is 1. The molecule has 2 amide bonds. The van der Waals surface area contributed by atoms with Crippen LogP contribution in [-0.4, -0.2) is 51.1 Å². The van der Waals surface area contributed by atoms with E-state index in [1.54, 1.807) is 24.3 Å². The number of carbonyl (C=O) groups excluding carboxylic acids is 2. The first kappa shape index (κ1) is 32.5. The molecule has 48 heavy (non-hydrogen) atoms. The zero-order chi connectivity index (χ0) is 33.6. The van der Waals surface area contributed by atoms with E-state index in [1.807, 2.05) is 35.3 Å². The van der Waals surface area contributed by atoms with E-state index in [1.165, 1.54) is 35.3 Å². The van der Waals surface area contributed by atoms with Crippen LogP contribution in [0.1, 0.15) is 24.8 Å². The Hall–Kier alpha value is -5.47. The second-order valence-corrected chi connectivity index (χ2v) is 12.2. The van der Waals surface area contributed by atoms with Gasteiger partial charge in [-0.3, -0.25) is 24.3 Å². The summed E-state index contributed by atoms with van der Waals surface area (Å²) in [6.07, 6.45) is 10.7. The van der Waals surface area contributed by atoms with Crippen LogP contribution in [0.2, 0.25) is 5.02 Å². The Morgan fingerprint density at radius 2 is 1.83 bits per heavy atom. The van der Waals surface area contributed by atoms with E-state index < -0.39 is 16.6 Å². The van der Waals surface area contributed by atoms with Gasteiger partial charge in [0.05, 0.1) is 20.7 Å². The van der Waals surface area contributed by atoms with E-state index in [2.05, 4.69) is 10.3 Å². The molecular weight excluding hydrogens is 662 g/mol. The van der Waals surface area contributed by atoms with Gasteiger partial charge in [0.2, 0.25) is 18.6 Å². The van der Waals surface area contributed by atoms with Crippen molar-refractivity contribution in [2.45, 2.75) is 25.8 Å². The van der Waals surface area contributed by atoms with Crippen LogP contribution >= 0.6 is 22.9 Å². The summed E-state index contributed by atoms with van der Waals surface area (Å²) in [6, 6.07) is 14.7. The normalized spacial score (nSPS) is 14.1. The maximum Gasteiger partial charge on any atom is 0.420 e. The van der Waals surface area contributed by atoms with Gasteiger partial charge in [0.15, 0.2) is 22.2 Å². The van der Waals surface area contributed by atoms with Crippen molar-refractivity contribution in [1.29, 1.82) is 0 Å².